The third-order valence-corrected chi connectivity index (χ3v) is 6.65. The lowest BCUT2D eigenvalue weighted by Crippen LogP contribution is -2.35. The van der Waals surface area contributed by atoms with Gasteiger partial charge in [-0.2, -0.15) is 39.5 Å². The monoisotopic (exact) mass is 626 g/mol. The van der Waals surface area contributed by atoms with E-state index in [1.165, 1.54) is 0 Å². The van der Waals surface area contributed by atoms with Gasteiger partial charge >= 0.3 is 18.5 Å². The molecule has 1 saturated carbocycles. The number of halogens is 10. The number of hydrogen-bond donors (Lipinski definition) is 2. The number of ether oxygens (including phenoxy) is 1. The molecule has 17 heteroatoms. The van der Waals surface area contributed by atoms with Crippen LogP contribution in [0.2, 0.25) is 0 Å². The Hall–Kier alpha value is -4.18. The highest BCUT2D eigenvalue weighted by molar-refractivity contribution is 5.78. The van der Waals surface area contributed by atoms with Gasteiger partial charge in [0.15, 0.2) is 5.69 Å². The van der Waals surface area contributed by atoms with Crippen molar-refractivity contribution in [2.24, 2.45) is 5.92 Å². The van der Waals surface area contributed by atoms with Gasteiger partial charge in [-0.15, -0.1) is 0 Å². The molecule has 3 aromatic rings. The normalized spacial score (nSPS) is 17.9. The maximum Gasteiger partial charge on any atom is 0.433 e. The number of H-pyrrole nitrogens is 1. The number of carbonyl (C=O) groups excluding carboxylic acids is 1. The van der Waals surface area contributed by atoms with Crippen molar-refractivity contribution in [3.63, 3.8) is 0 Å². The zero-order chi connectivity index (χ0) is 31.7. The van der Waals surface area contributed by atoms with Gasteiger partial charge in [0, 0.05) is 36.4 Å². The van der Waals surface area contributed by atoms with Gasteiger partial charge in [-0.1, -0.05) is 6.07 Å². The minimum atomic E-state index is -5.23. The van der Waals surface area contributed by atoms with Crippen LogP contribution in [0.3, 0.4) is 0 Å². The van der Waals surface area contributed by atoms with Crippen LogP contribution < -0.4 is 15.6 Å². The molecule has 2 aromatic heterocycles. The molecular weight excluding hydrogens is 606 g/mol. The number of benzene rings is 1. The fourth-order valence-corrected chi connectivity index (χ4v) is 4.50. The molecule has 0 aliphatic heterocycles. The first-order valence-electron chi connectivity index (χ1n) is 12.5. The first-order valence-corrected chi connectivity index (χ1v) is 12.5. The fourth-order valence-electron chi connectivity index (χ4n) is 4.50. The first kappa shape index (κ1) is 31.7. The van der Waals surface area contributed by atoms with Gasteiger partial charge in [0.1, 0.15) is 17.7 Å². The van der Waals surface area contributed by atoms with E-state index in [0.29, 0.717) is 31.2 Å². The van der Waals surface area contributed by atoms with Crippen LogP contribution in [-0.4, -0.2) is 27.0 Å². The van der Waals surface area contributed by atoms with Gasteiger partial charge in [0.05, 0.1) is 16.7 Å². The maximum absolute atomic E-state index is 15.4. The molecule has 2 heterocycles. The molecule has 232 valence electrons. The van der Waals surface area contributed by atoms with E-state index in [1.807, 2.05) is 0 Å². The highest BCUT2D eigenvalue weighted by Crippen LogP contribution is 2.39. The Labute approximate surface area is 235 Å². The molecule has 0 radical (unpaired) electrons. The van der Waals surface area contributed by atoms with Gasteiger partial charge in [-0.25, -0.2) is 14.4 Å². The molecule has 0 saturated heterocycles. The molecule has 1 fully saturated rings. The molecule has 2 N–H and O–H groups in total. The van der Waals surface area contributed by atoms with Crippen LogP contribution in [-0.2, 0) is 29.9 Å². The van der Waals surface area contributed by atoms with Crippen molar-refractivity contribution in [1.82, 2.24) is 20.3 Å². The van der Waals surface area contributed by atoms with Crippen molar-refractivity contribution >= 4 is 5.91 Å². The minimum Gasteiger partial charge on any atom is -0.474 e. The molecule has 7 nitrogen and oxygen atoms in total. The number of alkyl halides is 9. The lowest BCUT2D eigenvalue weighted by molar-refractivity contribution is -0.141. The molecule has 1 aliphatic rings. The van der Waals surface area contributed by atoms with Gasteiger partial charge in [0.2, 0.25) is 11.8 Å². The van der Waals surface area contributed by atoms with E-state index in [4.69, 9.17) is 4.74 Å². The quantitative estimate of drug-likeness (QED) is 0.314. The Bertz CT molecular complexity index is 1520. The minimum absolute atomic E-state index is 0.0125. The summed E-state index contributed by atoms with van der Waals surface area (Å²) in [5.74, 6) is -4.17. The number of carbonyl (C=O) groups is 1. The van der Waals surface area contributed by atoms with Crippen LogP contribution in [0.5, 0.6) is 5.88 Å². The zero-order valence-corrected chi connectivity index (χ0v) is 21.6. The van der Waals surface area contributed by atoms with Gasteiger partial charge in [-0.3, -0.25) is 9.59 Å². The van der Waals surface area contributed by atoms with E-state index in [0.717, 1.165) is 12.1 Å². The highest BCUT2D eigenvalue weighted by Gasteiger charge is 2.39. The molecule has 0 bridgehead atoms. The van der Waals surface area contributed by atoms with Crippen molar-refractivity contribution in [1.29, 1.82) is 0 Å². The first-order chi connectivity index (χ1) is 19.9. The van der Waals surface area contributed by atoms with Gasteiger partial charge < -0.3 is 15.0 Å². The second-order valence-corrected chi connectivity index (χ2v) is 9.63. The summed E-state index contributed by atoms with van der Waals surface area (Å²) in [5.41, 5.74) is -7.86. The van der Waals surface area contributed by atoms with Crippen LogP contribution in [0.1, 0.15) is 48.1 Å². The Kier molecular flexibility index (Phi) is 8.74. The lowest BCUT2D eigenvalue weighted by atomic mass is 9.86. The lowest BCUT2D eigenvalue weighted by Gasteiger charge is -2.28. The fraction of sp³-hybridized carbons (Fsp3) is 0.385. The van der Waals surface area contributed by atoms with E-state index in [1.54, 1.807) is 4.98 Å². The predicted molar refractivity (Wildman–Crippen MR) is 128 cm³/mol. The average Bonchev–Trinajstić information content (AvgIpc) is 2.91. The van der Waals surface area contributed by atoms with Crippen LogP contribution in [0, 0.1) is 11.7 Å². The number of nitrogens with one attached hydrogen (secondary N) is 2. The Morgan fingerprint density at radius 2 is 1.60 bits per heavy atom. The van der Waals surface area contributed by atoms with E-state index >= 15 is 4.39 Å². The topological polar surface area (TPSA) is 97.0 Å². The van der Waals surface area contributed by atoms with Crippen molar-refractivity contribution < 1.29 is 53.4 Å². The molecule has 0 spiro atoms. The summed E-state index contributed by atoms with van der Waals surface area (Å²) in [6.07, 6.45) is -13.7. The average molecular weight is 626 g/mol. The second-order valence-electron chi connectivity index (χ2n) is 9.63. The summed E-state index contributed by atoms with van der Waals surface area (Å²) >= 11 is 0. The number of nitrogens with zero attached hydrogens (tertiary/aromatic N) is 2. The number of hydrogen-bond acceptors (Lipinski definition) is 5. The van der Waals surface area contributed by atoms with E-state index in [2.05, 4.69) is 15.3 Å². The molecule has 43 heavy (non-hydrogen) atoms. The van der Waals surface area contributed by atoms with Crippen molar-refractivity contribution in [3.05, 3.63) is 75.1 Å². The van der Waals surface area contributed by atoms with Crippen molar-refractivity contribution in [2.75, 3.05) is 0 Å². The summed E-state index contributed by atoms with van der Waals surface area (Å²) in [5, 5.41) is 2.39. The second kappa shape index (κ2) is 11.8. The van der Waals surface area contributed by atoms with Crippen LogP contribution in [0.25, 0.3) is 11.4 Å². The molecular formula is C26H20F10N4O3. The summed E-state index contributed by atoms with van der Waals surface area (Å²) < 4.78 is 139. The predicted octanol–water partition coefficient (Wildman–Crippen LogP) is 6.28. The van der Waals surface area contributed by atoms with E-state index < -0.39 is 88.2 Å². The standard InChI is InChI=1S/C26H20F10N4O3/c27-21-13(3-7-16(25(31,32)33)20(21)22-39-17(26(34,35)36)9-18(41)40-22)10-38-23(42)12-1-5-15(6-2-12)43-19-8-4-14(11-37-19)24(28,29)30/h3-4,7-9,11-12,15H,1-2,5-6,10H2,(H,38,42)(H,39,40,41). The third kappa shape index (κ3) is 7.62. The number of aromatic nitrogens is 3. The summed E-state index contributed by atoms with van der Waals surface area (Å²) in [7, 11) is 0. The maximum atomic E-state index is 15.4. The number of amides is 1. The molecule has 0 atom stereocenters. The van der Waals surface area contributed by atoms with E-state index in [9.17, 15) is 49.1 Å². The van der Waals surface area contributed by atoms with Gasteiger partial charge in [-0.05, 0) is 37.8 Å². The summed E-state index contributed by atoms with van der Waals surface area (Å²) in [6, 6.07) is 3.00. The third-order valence-electron chi connectivity index (χ3n) is 6.65. The SMILES string of the molecule is O=C(NCc1ccc(C(F)(F)F)c(-c2nc(C(F)(F)F)cc(=O)[nH]2)c1F)C1CCC(Oc2ccc(C(F)(F)F)cn2)CC1. The summed E-state index contributed by atoms with van der Waals surface area (Å²) in [6.45, 7) is -0.634. The Morgan fingerprint density at radius 3 is 2.16 bits per heavy atom. The molecule has 1 aliphatic carbocycles. The molecule has 1 amide bonds. The van der Waals surface area contributed by atoms with Crippen LogP contribution >= 0.6 is 0 Å². The zero-order valence-electron chi connectivity index (χ0n) is 21.6. The van der Waals surface area contributed by atoms with Crippen LogP contribution in [0.4, 0.5) is 43.9 Å². The number of rotatable bonds is 6. The Balaban J connectivity index is 1.44. The van der Waals surface area contributed by atoms with Gasteiger partial charge in [0.25, 0.3) is 5.56 Å². The smallest absolute Gasteiger partial charge is 0.433 e. The highest BCUT2D eigenvalue weighted by atomic mass is 19.4. The Morgan fingerprint density at radius 1 is 0.930 bits per heavy atom. The van der Waals surface area contributed by atoms with Crippen LogP contribution in [0.15, 0.2) is 41.3 Å². The van der Waals surface area contributed by atoms with Crippen molar-refractivity contribution in [2.45, 2.75) is 56.9 Å². The number of pyridine rings is 1. The molecule has 4 rings (SSSR count). The number of aromatic amines is 1. The largest absolute Gasteiger partial charge is 0.474 e. The molecule has 1 aromatic carbocycles. The summed E-state index contributed by atoms with van der Waals surface area (Å²) in [4.78, 5) is 32.8. The van der Waals surface area contributed by atoms with E-state index in [-0.39, 0.29) is 24.8 Å². The molecule has 0 unspecified atom stereocenters. The van der Waals surface area contributed by atoms with Crippen molar-refractivity contribution in [3.8, 4) is 17.3 Å².